The Morgan fingerprint density at radius 1 is 1.41 bits per heavy atom. The predicted octanol–water partition coefficient (Wildman–Crippen LogP) is 1.62. The minimum Gasteiger partial charge on any atom is -0.507 e. The lowest BCUT2D eigenvalue weighted by Gasteiger charge is -2.14. The van der Waals surface area contributed by atoms with Gasteiger partial charge in [0.05, 0.1) is 12.7 Å². The summed E-state index contributed by atoms with van der Waals surface area (Å²) in [5.74, 6) is -2.34. The van der Waals surface area contributed by atoms with E-state index < -0.39 is 35.1 Å². The third kappa shape index (κ3) is 2.68. The van der Waals surface area contributed by atoms with E-state index in [-0.39, 0.29) is 0 Å². The number of rotatable bonds is 2. The SMILES string of the molecule is COC(=O)C(O)c1cccc(C(F)(F)F)c1O. The van der Waals surface area contributed by atoms with Crippen molar-refractivity contribution in [2.75, 3.05) is 7.11 Å². The molecule has 0 spiro atoms. The molecule has 0 radical (unpaired) electrons. The van der Waals surface area contributed by atoms with Crippen molar-refractivity contribution in [1.82, 2.24) is 0 Å². The molecule has 1 atom stereocenters. The van der Waals surface area contributed by atoms with Crippen LogP contribution >= 0.6 is 0 Å². The number of phenols is 1. The highest BCUT2D eigenvalue weighted by atomic mass is 19.4. The van der Waals surface area contributed by atoms with Crippen LogP contribution < -0.4 is 0 Å². The first-order chi connectivity index (χ1) is 7.79. The van der Waals surface area contributed by atoms with E-state index in [4.69, 9.17) is 0 Å². The largest absolute Gasteiger partial charge is 0.507 e. The number of carbonyl (C=O) groups excluding carboxylic acids is 1. The Balaban J connectivity index is 3.24. The molecule has 0 aliphatic heterocycles. The van der Waals surface area contributed by atoms with Gasteiger partial charge in [-0.25, -0.2) is 4.79 Å². The highest BCUT2D eigenvalue weighted by Gasteiger charge is 2.36. The highest BCUT2D eigenvalue weighted by Crippen LogP contribution is 2.39. The number of aliphatic hydroxyl groups excluding tert-OH is 1. The maximum Gasteiger partial charge on any atom is 0.419 e. The molecule has 1 unspecified atom stereocenters. The van der Waals surface area contributed by atoms with Crippen LogP contribution in [0, 0.1) is 0 Å². The Bertz CT molecular complexity index is 428. The van der Waals surface area contributed by atoms with Crippen LogP contribution in [0.25, 0.3) is 0 Å². The molecular formula is C10H9F3O4. The maximum absolute atomic E-state index is 12.4. The summed E-state index contributed by atoms with van der Waals surface area (Å²) in [7, 11) is 0.968. The summed E-state index contributed by atoms with van der Waals surface area (Å²) < 4.78 is 41.4. The molecule has 2 N–H and O–H groups in total. The number of benzene rings is 1. The van der Waals surface area contributed by atoms with Crippen LogP contribution in [-0.2, 0) is 15.7 Å². The highest BCUT2D eigenvalue weighted by molar-refractivity contribution is 5.77. The second kappa shape index (κ2) is 4.62. The third-order valence-corrected chi connectivity index (χ3v) is 2.09. The molecule has 0 aliphatic rings. The Labute approximate surface area is 94.3 Å². The quantitative estimate of drug-likeness (QED) is 0.783. The van der Waals surface area contributed by atoms with E-state index in [9.17, 15) is 28.2 Å². The number of phenolic OH excluding ortho intramolecular Hbond substituents is 1. The Morgan fingerprint density at radius 2 is 2.00 bits per heavy atom. The first-order valence-corrected chi connectivity index (χ1v) is 4.44. The summed E-state index contributed by atoms with van der Waals surface area (Å²) >= 11 is 0. The van der Waals surface area contributed by atoms with Crippen LogP contribution in [0.3, 0.4) is 0 Å². The predicted molar refractivity (Wildman–Crippen MR) is 50.1 cm³/mol. The van der Waals surface area contributed by atoms with Gasteiger partial charge in [-0.05, 0) is 6.07 Å². The molecule has 1 rings (SSSR count). The first kappa shape index (κ1) is 13.3. The molecule has 7 heteroatoms. The van der Waals surface area contributed by atoms with Gasteiger partial charge in [0.2, 0.25) is 0 Å². The molecule has 0 saturated carbocycles. The summed E-state index contributed by atoms with van der Waals surface area (Å²) in [6.07, 6.45) is -6.72. The molecule has 0 heterocycles. The Morgan fingerprint density at radius 3 is 2.47 bits per heavy atom. The molecule has 0 fully saturated rings. The number of esters is 1. The molecule has 0 aromatic heterocycles. The summed E-state index contributed by atoms with van der Waals surface area (Å²) in [5, 5.41) is 18.7. The standard InChI is InChI=1S/C10H9F3O4/c1-17-9(16)8(15)5-3-2-4-6(7(5)14)10(11,12)13/h2-4,8,14-15H,1H3. The van der Waals surface area contributed by atoms with Crippen molar-refractivity contribution in [3.63, 3.8) is 0 Å². The van der Waals surface area contributed by atoms with Crippen LogP contribution in [0.4, 0.5) is 13.2 Å². The molecule has 0 saturated heterocycles. The van der Waals surface area contributed by atoms with Crippen LogP contribution in [0.15, 0.2) is 18.2 Å². The summed E-state index contributed by atoms with van der Waals surface area (Å²) in [4.78, 5) is 11.0. The van der Waals surface area contributed by atoms with Gasteiger partial charge in [0.25, 0.3) is 0 Å². The van der Waals surface area contributed by atoms with Gasteiger partial charge in [-0.3, -0.25) is 0 Å². The van der Waals surface area contributed by atoms with Crippen molar-refractivity contribution in [2.24, 2.45) is 0 Å². The van der Waals surface area contributed by atoms with Gasteiger partial charge >= 0.3 is 12.1 Å². The molecule has 4 nitrogen and oxygen atoms in total. The van der Waals surface area contributed by atoms with Crippen molar-refractivity contribution in [3.05, 3.63) is 29.3 Å². The molecule has 1 aromatic rings. The van der Waals surface area contributed by atoms with Gasteiger partial charge in [-0.1, -0.05) is 12.1 Å². The van der Waals surface area contributed by atoms with Crippen LogP contribution in [0.1, 0.15) is 17.2 Å². The van der Waals surface area contributed by atoms with Crippen LogP contribution in [0.2, 0.25) is 0 Å². The van der Waals surface area contributed by atoms with Crippen molar-refractivity contribution in [3.8, 4) is 5.75 Å². The van der Waals surface area contributed by atoms with E-state index >= 15 is 0 Å². The number of carbonyl (C=O) groups is 1. The fraction of sp³-hybridized carbons (Fsp3) is 0.300. The molecule has 0 aliphatic carbocycles. The van der Waals surface area contributed by atoms with Crippen molar-refractivity contribution in [2.45, 2.75) is 12.3 Å². The van der Waals surface area contributed by atoms with Crippen LogP contribution in [-0.4, -0.2) is 23.3 Å². The average Bonchev–Trinajstić information content (AvgIpc) is 2.25. The number of aromatic hydroxyl groups is 1. The summed E-state index contributed by atoms with van der Waals surface area (Å²) in [6.45, 7) is 0. The molecular weight excluding hydrogens is 241 g/mol. The topological polar surface area (TPSA) is 66.8 Å². The number of hydrogen-bond acceptors (Lipinski definition) is 4. The molecule has 1 aromatic carbocycles. The zero-order valence-electron chi connectivity index (χ0n) is 8.65. The number of hydrogen-bond donors (Lipinski definition) is 2. The fourth-order valence-electron chi connectivity index (χ4n) is 1.25. The van der Waals surface area contributed by atoms with E-state index in [0.29, 0.717) is 6.07 Å². The van der Waals surface area contributed by atoms with Crippen molar-refractivity contribution in [1.29, 1.82) is 0 Å². The number of ether oxygens (including phenoxy) is 1. The van der Waals surface area contributed by atoms with Gasteiger partial charge in [0, 0.05) is 5.56 Å². The zero-order chi connectivity index (χ0) is 13.2. The fourth-order valence-corrected chi connectivity index (χ4v) is 1.25. The maximum atomic E-state index is 12.4. The summed E-state index contributed by atoms with van der Waals surface area (Å²) in [6, 6.07) is 2.62. The van der Waals surface area contributed by atoms with E-state index in [1.165, 1.54) is 0 Å². The third-order valence-electron chi connectivity index (χ3n) is 2.09. The normalized spacial score (nSPS) is 13.2. The smallest absolute Gasteiger partial charge is 0.419 e. The van der Waals surface area contributed by atoms with E-state index in [2.05, 4.69) is 4.74 Å². The lowest BCUT2D eigenvalue weighted by molar-refractivity contribution is -0.151. The van der Waals surface area contributed by atoms with Gasteiger partial charge < -0.3 is 14.9 Å². The van der Waals surface area contributed by atoms with E-state index in [0.717, 1.165) is 19.2 Å². The molecule has 0 bridgehead atoms. The molecule has 17 heavy (non-hydrogen) atoms. The van der Waals surface area contributed by atoms with Crippen molar-refractivity contribution < 1.29 is 32.9 Å². The number of para-hydroxylation sites is 1. The lowest BCUT2D eigenvalue weighted by atomic mass is 10.0. The van der Waals surface area contributed by atoms with Gasteiger partial charge in [-0.2, -0.15) is 13.2 Å². The summed E-state index contributed by atoms with van der Waals surface area (Å²) in [5.41, 5.74) is -1.87. The minimum atomic E-state index is -4.77. The lowest BCUT2D eigenvalue weighted by Crippen LogP contribution is -2.15. The second-order valence-electron chi connectivity index (χ2n) is 3.17. The van der Waals surface area contributed by atoms with Gasteiger partial charge in [-0.15, -0.1) is 0 Å². The monoisotopic (exact) mass is 250 g/mol. The average molecular weight is 250 g/mol. The number of alkyl halides is 3. The van der Waals surface area contributed by atoms with Gasteiger partial charge in [0.15, 0.2) is 6.10 Å². The van der Waals surface area contributed by atoms with E-state index in [1.807, 2.05) is 0 Å². The van der Waals surface area contributed by atoms with Crippen LogP contribution in [0.5, 0.6) is 5.75 Å². The number of methoxy groups -OCH3 is 1. The Kier molecular flexibility index (Phi) is 3.62. The number of halogens is 3. The second-order valence-corrected chi connectivity index (χ2v) is 3.17. The van der Waals surface area contributed by atoms with E-state index in [1.54, 1.807) is 0 Å². The molecule has 0 amide bonds. The van der Waals surface area contributed by atoms with Crippen molar-refractivity contribution >= 4 is 5.97 Å². The zero-order valence-corrected chi connectivity index (χ0v) is 8.65. The first-order valence-electron chi connectivity index (χ1n) is 4.44. The number of aliphatic hydroxyl groups is 1. The minimum absolute atomic E-state index is 0.549. The van der Waals surface area contributed by atoms with Gasteiger partial charge in [0.1, 0.15) is 5.75 Å². The molecule has 94 valence electrons. The Hall–Kier alpha value is -1.76.